The molecule has 0 aromatic carbocycles. The van der Waals surface area contributed by atoms with Crippen LogP contribution >= 0.6 is 0 Å². The molecule has 0 amide bonds. The fourth-order valence-electron chi connectivity index (χ4n) is 2.35. The fraction of sp³-hybridized carbons (Fsp3) is 0.364. The Morgan fingerprint density at radius 2 is 2.29 bits per heavy atom. The maximum atomic E-state index is 11.9. The second kappa shape index (κ2) is 3.46. The highest BCUT2D eigenvalue weighted by Gasteiger charge is 2.35. The third kappa shape index (κ3) is 1.51. The summed E-state index contributed by atoms with van der Waals surface area (Å²) in [5.41, 5.74) is 0.546. The molecule has 1 saturated heterocycles. The van der Waals surface area contributed by atoms with Gasteiger partial charge in [0.1, 0.15) is 22.3 Å². The number of fused-ring (bicyclic) bond motifs is 1. The van der Waals surface area contributed by atoms with E-state index in [-0.39, 0.29) is 11.5 Å². The first-order valence-corrected chi connectivity index (χ1v) is 7.17. The third-order valence-electron chi connectivity index (χ3n) is 3.19. The zero-order valence-electron chi connectivity index (χ0n) is 9.07. The molecule has 2 aromatic heterocycles. The molecule has 5 nitrogen and oxygen atoms in total. The maximum Gasteiger partial charge on any atom is 0.160 e. The van der Waals surface area contributed by atoms with Gasteiger partial charge in [0.05, 0.1) is 11.9 Å². The predicted octanol–water partition coefficient (Wildman–Crippen LogP) is 1.29. The van der Waals surface area contributed by atoms with Crippen molar-refractivity contribution in [3.05, 3.63) is 30.4 Å². The summed E-state index contributed by atoms with van der Waals surface area (Å²) in [5.74, 6) is 0.848. The Bertz CT molecular complexity index is 675. The van der Waals surface area contributed by atoms with Crippen LogP contribution in [-0.4, -0.2) is 28.7 Å². The van der Waals surface area contributed by atoms with Crippen LogP contribution in [0.3, 0.4) is 0 Å². The monoisotopic (exact) mass is 252 g/mol. The van der Waals surface area contributed by atoms with Crippen LogP contribution in [0.25, 0.3) is 5.52 Å². The lowest BCUT2D eigenvalue weighted by molar-refractivity contribution is 0.478. The van der Waals surface area contributed by atoms with E-state index in [0.717, 1.165) is 0 Å². The van der Waals surface area contributed by atoms with Crippen molar-refractivity contribution in [3.8, 4) is 5.75 Å². The molecule has 0 radical (unpaired) electrons. The molecule has 1 aliphatic heterocycles. The van der Waals surface area contributed by atoms with Crippen LogP contribution in [0.1, 0.15) is 23.9 Å². The van der Waals surface area contributed by atoms with Gasteiger partial charge in [-0.1, -0.05) is 0 Å². The maximum absolute atomic E-state index is 11.9. The molecule has 1 atom stereocenters. The van der Waals surface area contributed by atoms with Crippen molar-refractivity contribution in [3.63, 3.8) is 0 Å². The van der Waals surface area contributed by atoms with Crippen molar-refractivity contribution in [1.29, 1.82) is 0 Å². The van der Waals surface area contributed by atoms with Gasteiger partial charge in [-0.25, -0.2) is 13.4 Å². The minimum Gasteiger partial charge on any atom is -0.506 e. The van der Waals surface area contributed by atoms with Gasteiger partial charge in [0, 0.05) is 6.20 Å². The molecule has 3 rings (SSSR count). The number of rotatable bonds is 1. The zero-order chi connectivity index (χ0) is 12.0. The smallest absolute Gasteiger partial charge is 0.160 e. The summed E-state index contributed by atoms with van der Waals surface area (Å²) in [6.45, 7) is 0. The van der Waals surface area contributed by atoms with Gasteiger partial charge in [-0.15, -0.1) is 0 Å². The van der Waals surface area contributed by atoms with Gasteiger partial charge < -0.3 is 5.11 Å². The molecule has 6 heteroatoms. The van der Waals surface area contributed by atoms with E-state index in [1.807, 2.05) is 0 Å². The zero-order valence-corrected chi connectivity index (χ0v) is 9.89. The molecule has 0 spiro atoms. The van der Waals surface area contributed by atoms with Crippen molar-refractivity contribution >= 4 is 15.4 Å². The van der Waals surface area contributed by atoms with Gasteiger partial charge in [0.25, 0.3) is 0 Å². The summed E-state index contributed by atoms with van der Waals surface area (Å²) in [5, 5.41) is 9.11. The number of aromatic nitrogens is 2. The first kappa shape index (κ1) is 10.6. The van der Waals surface area contributed by atoms with Crippen molar-refractivity contribution in [1.82, 2.24) is 9.38 Å². The average molecular weight is 252 g/mol. The minimum atomic E-state index is -3.08. The fourth-order valence-corrected chi connectivity index (χ4v) is 4.22. The molecule has 1 aliphatic rings. The standard InChI is InChI=1S/C11H12N2O3S/c14-9-3-1-5-13-8(9)7-12-11(13)10-4-2-6-17(10,15)16/h1,3,5,7,10,14H,2,4,6H2. The van der Waals surface area contributed by atoms with E-state index in [4.69, 9.17) is 0 Å². The van der Waals surface area contributed by atoms with E-state index in [0.29, 0.717) is 24.2 Å². The molecule has 1 fully saturated rings. The molecular formula is C11H12N2O3S. The summed E-state index contributed by atoms with van der Waals surface area (Å²) in [7, 11) is -3.08. The second-order valence-corrected chi connectivity index (χ2v) is 6.57. The number of nitrogens with zero attached hydrogens (tertiary/aromatic N) is 2. The topological polar surface area (TPSA) is 71.7 Å². The number of sulfone groups is 1. The lowest BCUT2D eigenvalue weighted by atomic mass is 10.2. The third-order valence-corrected chi connectivity index (χ3v) is 5.36. The second-order valence-electron chi connectivity index (χ2n) is 4.26. The minimum absolute atomic E-state index is 0.113. The number of imidazole rings is 1. The highest BCUT2D eigenvalue weighted by Crippen LogP contribution is 2.34. The number of aromatic hydroxyl groups is 1. The van der Waals surface area contributed by atoms with Gasteiger partial charge in [0.15, 0.2) is 9.84 Å². The quantitative estimate of drug-likeness (QED) is 0.830. The van der Waals surface area contributed by atoms with Gasteiger partial charge in [-0.2, -0.15) is 0 Å². The molecule has 90 valence electrons. The molecule has 1 unspecified atom stereocenters. The Hall–Kier alpha value is -1.56. The van der Waals surface area contributed by atoms with Crippen molar-refractivity contribution in [2.45, 2.75) is 18.1 Å². The molecule has 1 N–H and O–H groups in total. The van der Waals surface area contributed by atoms with E-state index < -0.39 is 15.1 Å². The first-order chi connectivity index (χ1) is 8.09. The molecular weight excluding hydrogens is 240 g/mol. The van der Waals surface area contributed by atoms with Crippen molar-refractivity contribution in [2.24, 2.45) is 0 Å². The van der Waals surface area contributed by atoms with Crippen molar-refractivity contribution in [2.75, 3.05) is 5.75 Å². The van der Waals surface area contributed by atoms with E-state index in [2.05, 4.69) is 4.98 Å². The van der Waals surface area contributed by atoms with Crippen LogP contribution in [0.2, 0.25) is 0 Å². The summed E-state index contributed by atoms with van der Waals surface area (Å²) in [4.78, 5) is 4.16. The lowest BCUT2D eigenvalue weighted by Crippen LogP contribution is -2.11. The molecule has 17 heavy (non-hydrogen) atoms. The van der Waals surface area contributed by atoms with Crippen LogP contribution < -0.4 is 0 Å². The Balaban J connectivity index is 2.22. The van der Waals surface area contributed by atoms with Crippen LogP contribution in [0, 0.1) is 0 Å². The van der Waals surface area contributed by atoms with E-state index in [1.54, 1.807) is 22.7 Å². The molecule has 0 bridgehead atoms. The van der Waals surface area contributed by atoms with Gasteiger partial charge in [0.2, 0.25) is 0 Å². The number of pyridine rings is 1. The molecule has 2 aromatic rings. The highest BCUT2D eigenvalue weighted by molar-refractivity contribution is 7.91. The summed E-state index contributed by atoms with van der Waals surface area (Å²) in [6, 6.07) is 3.24. The average Bonchev–Trinajstić information content (AvgIpc) is 2.82. The van der Waals surface area contributed by atoms with Gasteiger partial charge in [-0.3, -0.25) is 4.40 Å². The van der Waals surface area contributed by atoms with E-state index in [1.165, 1.54) is 6.20 Å². The summed E-state index contributed by atoms with van der Waals surface area (Å²) in [6.07, 6.45) is 4.53. The van der Waals surface area contributed by atoms with Crippen LogP contribution in [-0.2, 0) is 9.84 Å². The summed E-state index contributed by atoms with van der Waals surface area (Å²) < 4.78 is 25.4. The number of hydrogen-bond acceptors (Lipinski definition) is 4. The Morgan fingerprint density at radius 1 is 1.47 bits per heavy atom. The Kier molecular flexibility index (Phi) is 2.16. The van der Waals surface area contributed by atoms with Gasteiger partial charge >= 0.3 is 0 Å². The Labute approximate surface area is 98.6 Å². The van der Waals surface area contributed by atoms with E-state index >= 15 is 0 Å². The Morgan fingerprint density at radius 3 is 3.00 bits per heavy atom. The van der Waals surface area contributed by atoms with Gasteiger partial charge in [-0.05, 0) is 25.0 Å². The lowest BCUT2D eigenvalue weighted by Gasteiger charge is -2.08. The largest absolute Gasteiger partial charge is 0.506 e. The normalized spacial score (nSPS) is 23.2. The van der Waals surface area contributed by atoms with Crippen LogP contribution in [0.4, 0.5) is 0 Å². The molecule has 0 aliphatic carbocycles. The molecule has 3 heterocycles. The van der Waals surface area contributed by atoms with Crippen LogP contribution in [0.15, 0.2) is 24.5 Å². The highest BCUT2D eigenvalue weighted by atomic mass is 32.2. The first-order valence-electron chi connectivity index (χ1n) is 5.46. The SMILES string of the molecule is O=S1(=O)CCCC1c1ncc2c(O)cccn12. The number of hydrogen-bond donors (Lipinski definition) is 1. The van der Waals surface area contributed by atoms with Crippen LogP contribution in [0.5, 0.6) is 5.75 Å². The predicted molar refractivity (Wildman–Crippen MR) is 62.6 cm³/mol. The van der Waals surface area contributed by atoms with Crippen molar-refractivity contribution < 1.29 is 13.5 Å². The van der Waals surface area contributed by atoms with E-state index in [9.17, 15) is 13.5 Å². The molecule has 0 saturated carbocycles. The summed E-state index contributed by atoms with van der Waals surface area (Å²) >= 11 is 0.